The van der Waals surface area contributed by atoms with Crippen LogP contribution < -0.4 is 16.4 Å². The Kier molecular flexibility index (Phi) is 11.7. The highest BCUT2D eigenvalue weighted by Gasteiger charge is 2.56. The molecule has 1 aliphatic rings. The van der Waals surface area contributed by atoms with Crippen molar-refractivity contribution in [2.24, 2.45) is 11.7 Å². The number of amides is 2. The van der Waals surface area contributed by atoms with E-state index in [2.05, 4.69) is 55.2 Å². The molecular formula is C30H46BN5O4. The van der Waals surface area contributed by atoms with Gasteiger partial charge in [0.2, 0.25) is 5.91 Å². The fourth-order valence-electron chi connectivity index (χ4n) is 5.06. The van der Waals surface area contributed by atoms with E-state index in [4.69, 9.17) is 15.0 Å². The Balaban J connectivity index is 1.76. The number of rotatable bonds is 15. The average Bonchev–Trinajstić information content (AvgIpc) is 3.16. The number of hydrogen-bond acceptors (Lipinski definition) is 7. The zero-order valence-corrected chi connectivity index (χ0v) is 24.7. The van der Waals surface area contributed by atoms with Crippen LogP contribution in [0.1, 0.15) is 89.2 Å². The van der Waals surface area contributed by atoms with E-state index < -0.39 is 36.2 Å². The molecule has 1 aromatic heterocycles. The van der Waals surface area contributed by atoms with Crippen molar-refractivity contribution in [3.63, 3.8) is 0 Å². The van der Waals surface area contributed by atoms with Gasteiger partial charge in [-0.15, -0.1) is 0 Å². The van der Waals surface area contributed by atoms with Crippen molar-refractivity contribution in [3.05, 3.63) is 60.2 Å². The normalized spacial score (nSPS) is 19.8. The minimum Gasteiger partial charge on any atom is -0.402 e. The largest absolute Gasteiger partial charge is 0.481 e. The third kappa shape index (κ3) is 8.84. The standard InChI is InChI=1S/C30H46BN5O4/c1-22(2)19-26(31-39-29(3,4)30(5,40-31)15-11-6-7-12-16-32)36-27(37)24(20-23-13-9-8-10-14-23)35-28(38)25-21-33-17-18-34-25/h8-10,13-14,17-18,21-22,24,26H,6-7,11-12,15-16,19-20,32H2,1-5H3,(H,35,38)(H,36,37)/t24-,26?,30?/m0/s1. The first-order chi connectivity index (χ1) is 19.0. The van der Waals surface area contributed by atoms with E-state index in [1.54, 1.807) is 0 Å². The van der Waals surface area contributed by atoms with Crippen LogP contribution >= 0.6 is 0 Å². The Labute approximate surface area is 239 Å². The number of nitrogens with zero attached hydrogens (tertiary/aromatic N) is 2. The molecule has 2 heterocycles. The molecule has 3 rings (SSSR count). The maximum atomic E-state index is 13.8. The fourth-order valence-corrected chi connectivity index (χ4v) is 5.06. The van der Waals surface area contributed by atoms with Crippen LogP contribution in [-0.4, -0.2) is 58.6 Å². The van der Waals surface area contributed by atoms with Crippen molar-refractivity contribution >= 4 is 18.9 Å². The molecule has 0 radical (unpaired) electrons. The number of nitrogens with one attached hydrogen (secondary N) is 2. The van der Waals surface area contributed by atoms with Gasteiger partial charge in [-0.3, -0.25) is 14.6 Å². The number of hydrogen-bond donors (Lipinski definition) is 3. The maximum absolute atomic E-state index is 13.8. The van der Waals surface area contributed by atoms with Crippen LogP contribution in [0.15, 0.2) is 48.9 Å². The third-order valence-electron chi connectivity index (χ3n) is 7.75. The SMILES string of the molecule is CC(C)CC(NC(=O)[C@H](Cc1ccccc1)NC(=O)c1cnccn1)B1OC(C)(C)C(C)(CCCCCCN)O1. The molecule has 1 saturated heterocycles. The molecule has 0 bridgehead atoms. The molecule has 0 aliphatic carbocycles. The van der Waals surface area contributed by atoms with Crippen LogP contribution in [0, 0.1) is 5.92 Å². The van der Waals surface area contributed by atoms with E-state index in [1.807, 2.05) is 30.3 Å². The van der Waals surface area contributed by atoms with Crippen LogP contribution in [0.3, 0.4) is 0 Å². The lowest BCUT2D eigenvalue weighted by atomic mass is 9.73. The molecule has 2 aromatic rings. The monoisotopic (exact) mass is 551 g/mol. The van der Waals surface area contributed by atoms with E-state index >= 15 is 0 Å². The summed E-state index contributed by atoms with van der Waals surface area (Å²) in [5.41, 5.74) is 5.70. The van der Waals surface area contributed by atoms with Gasteiger partial charge in [-0.05, 0) is 58.1 Å². The van der Waals surface area contributed by atoms with Crippen LogP contribution in [0.2, 0.25) is 0 Å². The van der Waals surface area contributed by atoms with Crippen LogP contribution in [0.4, 0.5) is 0 Å². The molecule has 2 amide bonds. The lowest BCUT2D eigenvalue weighted by Crippen LogP contribution is -2.55. The van der Waals surface area contributed by atoms with Crippen molar-refractivity contribution in [3.8, 4) is 0 Å². The second-order valence-electron chi connectivity index (χ2n) is 11.8. The molecule has 10 heteroatoms. The van der Waals surface area contributed by atoms with Gasteiger partial charge < -0.3 is 25.7 Å². The zero-order chi connectivity index (χ0) is 29.2. The van der Waals surface area contributed by atoms with E-state index in [0.717, 1.165) is 37.7 Å². The predicted molar refractivity (Wildman–Crippen MR) is 157 cm³/mol. The van der Waals surface area contributed by atoms with Crippen molar-refractivity contribution in [2.45, 2.75) is 103 Å². The number of aromatic nitrogens is 2. The summed E-state index contributed by atoms with van der Waals surface area (Å²) >= 11 is 0. The summed E-state index contributed by atoms with van der Waals surface area (Å²) in [4.78, 5) is 34.8. The lowest BCUT2D eigenvalue weighted by molar-refractivity contribution is -0.123. The second-order valence-corrected chi connectivity index (χ2v) is 11.8. The highest BCUT2D eigenvalue weighted by atomic mass is 16.7. The van der Waals surface area contributed by atoms with E-state index in [-0.39, 0.29) is 17.5 Å². The van der Waals surface area contributed by atoms with Gasteiger partial charge >= 0.3 is 7.12 Å². The number of nitrogens with two attached hydrogens (primary N) is 1. The predicted octanol–water partition coefficient (Wildman–Crippen LogP) is 3.87. The van der Waals surface area contributed by atoms with Gasteiger partial charge in [0.25, 0.3) is 5.91 Å². The van der Waals surface area contributed by atoms with Gasteiger partial charge in [-0.2, -0.15) is 0 Å². The van der Waals surface area contributed by atoms with Crippen LogP contribution in [0.5, 0.6) is 0 Å². The molecule has 1 aliphatic heterocycles. The smallest absolute Gasteiger partial charge is 0.402 e. The zero-order valence-electron chi connectivity index (χ0n) is 24.7. The second kappa shape index (κ2) is 14.7. The first-order valence-corrected chi connectivity index (χ1v) is 14.5. The fraction of sp³-hybridized carbons (Fsp3) is 0.600. The Morgan fingerprint density at radius 3 is 2.38 bits per heavy atom. The van der Waals surface area contributed by atoms with Crippen LogP contribution in [0.25, 0.3) is 0 Å². The molecule has 40 heavy (non-hydrogen) atoms. The Morgan fingerprint density at radius 2 is 1.73 bits per heavy atom. The first-order valence-electron chi connectivity index (χ1n) is 14.5. The number of benzene rings is 1. The molecule has 2 unspecified atom stereocenters. The highest BCUT2D eigenvalue weighted by Crippen LogP contribution is 2.42. The molecule has 218 valence electrons. The van der Waals surface area contributed by atoms with E-state index in [1.165, 1.54) is 18.6 Å². The van der Waals surface area contributed by atoms with Gasteiger partial charge in [-0.1, -0.05) is 63.4 Å². The summed E-state index contributed by atoms with van der Waals surface area (Å²) in [6.07, 6.45) is 10.4. The topological polar surface area (TPSA) is 128 Å². The molecule has 1 aromatic carbocycles. The van der Waals surface area contributed by atoms with Crippen molar-refractivity contribution in [2.75, 3.05) is 6.54 Å². The van der Waals surface area contributed by atoms with Crippen molar-refractivity contribution < 1.29 is 18.9 Å². The Morgan fingerprint density at radius 1 is 1.00 bits per heavy atom. The Hall–Kier alpha value is -2.82. The average molecular weight is 552 g/mol. The lowest BCUT2D eigenvalue weighted by Gasteiger charge is -2.36. The summed E-state index contributed by atoms with van der Waals surface area (Å²) < 4.78 is 13.1. The molecule has 9 nitrogen and oxygen atoms in total. The molecule has 1 fully saturated rings. The van der Waals surface area contributed by atoms with Gasteiger partial charge in [-0.25, -0.2) is 4.98 Å². The number of carbonyl (C=O) groups excluding carboxylic acids is 2. The number of unbranched alkanes of at least 4 members (excludes halogenated alkanes) is 3. The molecule has 0 saturated carbocycles. The summed E-state index contributed by atoms with van der Waals surface area (Å²) in [7, 11) is -0.608. The minimum absolute atomic E-state index is 0.151. The van der Waals surface area contributed by atoms with Crippen molar-refractivity contribution in [1.29, 1.82) is 0 Å². The molecule has 3 atom stereocenters. The van der Waals surface area contributed by atoms with Gasteiger partial charge in [0.15, 0.2) is 0 Å². The van der Waals surface area contributed by atoms with Gasteiger partial charge in [0.05, 0.1) is 23.3 Å². The summed E-state index contributed by atoms with van der Waals surface area (Å²) in [5.74, 6) is -0.864. The highest BCUT2D eigenvalue weighted by molar-refractivity contribution is 6.48. The van der Waals surface area contributed by atoms with Gasteiger partial charge in [0, 0.05) is 18.8 Å². The van der Waals surface area contributed by atoms with Crippen LogP contribution in [-0.2, 0) is 20.5 Å². The summed E-state index contributed by atoms with van der Waals surface area (Å²) in [6.45, 7) is 11.1. The van der Waals surface area contributed by atoms with Crippen molar-refractivity contribution in [1.82, 2.24) is 20.6 Å². The van der Waals surface area contributed by atoms with Gasteiger partial charge in [0.1, 0.15) is 11.7 Å². The Bertz CT molecular complexity index is 1070. The third-order valence-corrected chi connectivity index (χ3v) is 7.75. The molecule has 4 N–H and O–H groups in total. The van der Waals surface area contributed by atoms with E-state index in [0.29, 0.717) is 19.4 Å². The first kappa shape index (κ1) is 31.7. The maximum Gasteiger partial charge on any atom is 0.481 e. The summed E-state index contributed by atoms with van der Waals surface area (Å²) in [5, 5.41) is 6.04. The summed E-state index contributed by atoms with van der Waals surface area (Å²) in [6, 6.07) is 8.79. The molecular weight excluding hydrogens is 505 g/mol. The molecule has 0 spiro atoms. The minimum atomic E-state index is -0.824. The quantitative estimate of drug-likeness (QED) is 0.226. The van der Waals surface area contributed by atoms with E-state index in [9.17, 15) is 9.59 Å². The number of carbonyl (C=O) groups is 2.